The number of hydrogen-bond donors (Lipinski definition) is 1. The van der Waals surface area contributed by atoms with Crippen molar-refractivity contribution in [3.63, 3.8) is 0 Å². The number of esters is 1. The molecule has 1 N–H and O–H groups in total. The van der Waals surface area contributed by atoms with Crippen LogP contribution in [0.15, 0.2) is 60.2 Å². The van der Waals surface area contributed by atoms with Gasteiger partial charge in [0.2, 0.25) is 6.79 Å². The number of hydrogen-bond acceptors (Lipinski definition) is 11. The average molecular weight is 563 g/mol. The van der Waals surface area contributed by atoms with Crippen LogP contribution in [0.2, 0.25) is 0 Å². The lowest BCUT2D eigenvalue weighted by Gasteiger charge is -2.16. The molecule has 4 aromatic rings. The van der Waals surface area contributed by atoms with Gasteiger partial charge in [-0.05, 0) is 47.5 Å². The van der Waals surface area contributed by atoms with Gasteiger partial charge in [0.05, 0.1) is 31.5 Å². The maximum absolute atomic E-state index is 14.0. The van der Waals surface area contributed by atoms with Crippen molar-refractivity contribution in [3.05, 3.63) is 76.9 Å². The molecule has 204 valence electrons. The zero-order valence-corrected chi connectivity index (χ0v) is 22.1. The number of Topliss-reactive ketones (excluding diaryl/α,β-unsaturated/α-hetero) is 1. The van der Waals surface area contributed by atoms with Crippen LogP contribution in [0.25, 0.3) is 16.6 Å². The highest BCUT2D eigenvalue weighted by Crippen LogP contribution is 2.36. The van der Waals surface area contributed by atoms with E-state index in [2.05, 4.69) is 13.5 Å². The van der Waals surface area contributed by atoms with Gasteiger partial charge in [0.15, 0.2) is 23.9 Å². The molecule has 1 aliphatic rings. The molecule has 0 aliphatic carbocycles. The molecular weight excluding hydrogens is 540 g/mol. The molecule has 40 heavy (non-hydrogen) atoms. The van der Waals surface area contributed by atoms with Crippen molar-refractivity contribution in [1.29, 1.82) is 0 Å². The number of rotatable bonds is 10. The van der Waals surface area contributed by atoms with E-state index in [9.17, 15) is 19.5 Å². The first-order chi connectivity index (χ1) is 19.4. The number of fused-ring (bicyclic) bond motifs is 2. The Labute approximate surface area is 231 Å². The molecule has 1 aliphatic heterocycles. The third-order valence-corrected chi connectivity index (χ3v) is 6.74. The molecule has 1 aromatic heterocycles. The normalized spacial score (nSPS) is 12.6. The number of ether oxygens (including phenoxy) is 5. The fourth-order valence-electron chi connectivity index (χ4n) is 4.19. The Hall–Kier alpha value is -4.97. The number of carbonyl (C=O) groups excluding carboxylic acids is 2. The second-order valence-corrected chi connectivity index (χ2v) is 9.07. The number of carboxylic acids is 1. The second kappa shape index (κ2) is 11.4. The highest BCUT2D eigenvalue weighted by molar-refractivity contribution is 7.00. The molecule has 0 bridgehead atoms. The molecule has 5 rings (SSSR count). The summed E-state index contributed by atoms with van der Waals surface area (Å²) >= 11 is 1.000. The van der Waals surface area contributed by atoms with Gasteiger partial charge in [-0.25, -0.2) is 9.59 Å². The van der Waals surface area contributed by atoms with Crippen molar-refractivity contribution >= 4 is 46.1 Å². The fraction of sp³-hybridized carbons (Fsp3) is 0.179. The number of nitrogens with zero attached hydrogens (tertiary/aromatic N) is 2. The molecule has 12 heteroatoms. The second-order valence-electron chi connectivity index (χ2n) is 8.54. The SMILES string of the molecule is COC(=O)COc1cc(OC)ccc1CC(C(=O)c1ccc2c(c1)OCO2)=C(C(=O)O)c1ccc2nsnc2c1. The zero-order chi connectivity index (χ0) is 28.2. The Morgan fingerprint density at radius 1 is 0.925 bits per heavy atom. The molecule has 3 aromatic carbocycles. The van der Waals surface area contributed by atoms with E-state index >= 15 is 0 Å². The van der Waals surface area contributed by atoms with Gasteiger partial charge in [0.1, 0.15) is 22.5 Å². The highest BCUT2D eigenvalue weighted by atomic mass is 32.1. The number of ketones is 1. The first kappa shape index (κ1) is 26.6. The van der Waals surface area contributed by atoms with E-state index in [-0.39, 0.29) is 41.2 Å². The first-order valence-corrected chi connectivity index (χ1v) is 12.6. The van der Waals surface area contributed by atoms with Crippen molar-refractivity contribution in [1.82, 2.24) is 8.75 Å². The van der Waals surface area contributed by atoms with E-state index in [1.807, 2.05) is 0 Å². The Morgan fingerprint density at radius 3 is 2.48 bits per heavy atom. The van der Waals surface area contributed by atoms with E-state index < -0.39 is 24.3 Å². The Bertz CT molecular complexity index is 1660. The van der Waals surface area contributed by atoms with Gasteiger partial charge < -0.3 is 28.8 Å². The number of aromatic nitrogens is 2. The predicted molar refractivity (Wildman–Crippen MR) is 143 cm³/mol. The molecule has 2 heterocycles. The standard InChI is InChI=1S/C28H22N2O9S/c1-35-18-6-3-15(23(12-18)37-13-25(31)36-2)9-19(27(32)17-5-8-22-24(11-17)39-14-38-22)26(28(33)34)16-4-7-20-21(10-16)30-40-29-20/h3-8,10-12H,9,13-14H2,1-2H3,(H,33,34). The number of aliphatic carboxylic acids is 1. The third kappa shape index (κ3) is 5.43. The van der Waals surface area contributed by atoms with Crippen LogP contribution in [-0.4, -0.2) is 59.2 Å². The smallest absolute Gasteiger partial charge is 0.343 e. The Balaban J connectivity index is 1.66. The van der Waals surface area contributed by atoms with Crippen LogP contribution < -0.4 is 18.9 Å². The van der Waals surface area contributed by atoms with Crippen molar-refractivity contribution in [3.8, 4) is 23.0 Å². The van der Waals surface area contributed by atoms with Gasteiger partial charge in [-0.2, -0.15) is 8.75 Å². The summed E-state index contributed by atoms with van der Waals surface area (Å²) < 4.78 is 34.8. The monoisotopic (exact) mass is 562 g/mol. The molecular formula is C28H22N2O9S. The maximum atomic E-state index is 14.0. The number of benzene rings is 3. The molecule has 11 nitrogen and oxygen atoms in total. The van der Waals surface area contributed by atoms with E-state index in [1.54, 1.807) is 48.5 Å². The maximum Gasteiger partial charge on any atom is 0.343 e. The molecule has 0 unspecified atom stereocenters. The summed E-state index contributed by atoms with van der Waals surface area (Å²) in [5.41, 5.74) is 1.80. The van der Waals surface area contributed by atoms with Gasteiger partial charge in [-0.15, -0.1) is 0 Å². The minimum absolute atomic E-state index is 0.0183. The van der Waals surface area contributed by atoms with Crippen molar-refractivity contribution in [2.24, 2.45) is 0 Å². The molecule has 0 atom stereocenters. The lowest BCUT2D eigenvalue weighted by Crippen LogP contribution is -2.16. The average Bonchev–Trinajstić information content (AvgIpc) is 3.64. The van der Waals surface area contributed by atoms with Crippen molar-refractivity contribution in [2.45, 2.75) is 6.42 Å². The number of carbonyl (C=O) groups is 3. The van der Waals surface area contributed by atoms with Gasteiger partial charge in [-0.3, -0.25) is 4.79 Å². The molecule has 0 spiro atoms. The van der Waals surface area contributed by atoms with Crippen molar-refractivity contribution < 1.29 is 43.2 Å². The lowest BCUT2D eigenvalue weighted by atomic mass is 9.89. The van der Waals surface area contributed by atoms with E-state index in [4.69, 9.17) is 18.9 Å². The Kier molecular flexibility index (Phi) is 7.60. The van der Waals surface area contributed by atoms with Crippen LogP contribution in [0.5, 0.6) is 23.0 Å². The number of methoxy groups -OCH3 is 2. The lowest BCUT2D eigenvalue weighted by molar-refractivity contribution is -0.143. The summed E-state index contributed by atoms with van der Waals surface area (Å²) in [7, 11) is 2.70. The van der Waals surface area contributed by atoms with Crippen LogP contribution in [0.3, 0.4) is 0 Å². The molecule has 0 fully saturated rings. The van der Waals surface area contributed by atoms with Gasteiger partial charge in [-0.1, -0.05) is 12.1 Å². The summed E-state index contributed by atoms with van der Waals surface area (Å²) in [6.45, 7) is -0.379. The minimum atomic E-state index is -1.31. The number of carboxylic acid groups (broad SMARTS) is 1. The highest BCUT2D eigenvalue weighted by Gasteiger charge is 2.27. The number of allylic oxidation sites excluding steroid dienone is 1. The largest absolute Gasteiger partial charge is 0.497 e. The van der Waals surface area contributed by atoms with E-state index in [1.165, 1.54) is 20.3 Å². The van der Waals surface area contributed by atoms with Crippen LogP contribution >= 0.6 is 11.7 Å². The summed E-state index contributed by atoms with van der Waals surface area (Å²) in [6.07, 6.45) is -0.150. The molecule has 0 radical (unpaired) electrons. The molecule has 0 amide bonds. The fourth-order valence-corrected chi connectivity index (χ4v) is 4.70. The first-order valence-electron chi connectivity index (χ1n) is 11.9. The van der Waals surface area contributed by atoms with E-state index in [0.29, 0.717) is 33.8 Å². The zero-order valence-electron chi connectivity index (χ0n) is 21.3. The quantitative estimate of drug-likeness (QED) is 0.170. The van der Waals surface area contributed by atoms with Crippen LogP contribution in [0.1, 0.15) is 21.5 Å². The topological polar surface area (TPSA) is 143 Å². The van der Waals surface area contributed by atoms with Crippen molar-refractivity contribution in [2.75, 3.05) is 27.6 Å². The Morgan fingerprint density at radius 2 is 1.70 bits per heavy atom. The molecule has 0 saturated carbocycles. The predicted octanol–water partition coefficient (Wildman–Crippen LogP) is 3.94. The summed E-state index contributed by atoms with van der Waals surface area (Å²) in [5.74, 6) is -0.934. The van der Waals surface area contributed by atoms with Gasteiger partial charge in [0, 0.05) is 23.6 Å². The molecule has 0 saturated heterocycles. The van der Waals surface area contributed by atoms with Crippen LogP contribution in [0.4, 0.5) is 0 Å². The van der Waals surface area contributed by atoms with Crippen LogP contribution in [-0.2, 0) is 20.7 Å². The summed E-state index contributed by atoms with van der Waals surface area (Å²) in [5, 5.41) is 10.4. The van der Waals surface area contributed by atoms with Gasteiger partial charge in [0.25, 0.3) is 0 Å². The summed E-state index contributed by atoms with van der Waals surface area (Å²) in [6, 6.07) is 14.3. The van der Waals surface area contributed by atoms with E-state index in [0.717, 1.165) is 11.7 Å². The summed E-state index contributed by atoms with van der Waals surface area (Å²) in [4.78, 5) is 38.6. The van der Waals surface area contributed by atoms with Gasteiger partial charge >= 0.3 is 11.9 Å². The third-order valence-electron chi connectivity index (χ3n) is 6.18. The minimum Gasteiger partial charge on any atom is -0.497 e. The van der Waals surface area contributed by atoms with Crippen LogP contribution in [0, 0.1) is 0 Å².